The fraction of sp³-hybridized carbons (Fsp3) is 0.909. The lowest BCUT2D eigenvalue weighted by Crippen LogP contribution is -2.50. The monoisotopic (exact) mass is 213 g/mol. The minimum atomic E-state index is -0.0304. The normalized spacial score (nSPS) is 17.9. The van der Waals surface area contributed by atoms with E-state index in [0.717, 1.165) is 25.8 Å². The van der Waals surface area contributed by atoms with Crippen LogP contribution < -0.4 is 11.3 Å². The SMILES string of the molecule is CCCC(C(=O)NN)N(CCC)C1CC1. The van der Waals surface area contributed by atoms with Gasteiger partial charge in [0.1, 0.15) is 0 Å². The summed E-state index contributed by atoms with van der Waals surface area (Å²) in [7, 11) is 0. The second kappa shape index (κ2) is 6.08. The van der Waals surface area contributed by atoms with E-state index in [2.05, 4.69) is 24.2 Å². The highest BCUT2D eigenvalue weighted by molar-refractivity contribution is 5.81. The summed E-state index contributed by atoms with van der Waals surface area (Å²) in [5.74, 6) is 5.20. The van der Waals surface area contributed by atoms with Crippen LogP contribution in [0.2, 0.25) is 0 Å². The quantitative estimate of drug-likeness (QED) is 0.377. The molecule has 88 valence electrons. The average Bonchev–Trinajstić information content (AvgIpc) is 3.06. The van der Waals surface area contributed by atoms with Gasteiger partial charge < -0.3 is 0 Å². The Morgan fingerprint density at radius 1 is 1.47 bits per heavy atom. The second-order valence-electron chi connectivity index (χ2n) is 4.28. The maximum atomic E-state index is 11.7. The van der Waals surface area contributed by atoms with Gasteiger partial charge in [0.25, 0.3) is 5.91 Å². The van der Waals surface area contributed by atoms with Crippen LogP contribution in [0.3, 0.4) is 0 Å². The molecule has 1 aliphatic rings. The van der Waals surface area contributed by atoms with E-state index in [1.54, 1.807) is 0 Å². The van der Waals surface area contributed by atoms with Crippen molar-refractivity contribution in [1.29, 1.82) is 0 Å². The third-order valence-electron chi connectivity index (χ3n) is 2.91. The Morgan fingerprint density at radius 2 is 2.13 bits per heavy atom. The van der Waals surface area contributed by atoms with Gasteiger partial charge in [0, 0.05) is 6.04 Å². The van der Waals surface area contributed by atoms with E-state index in [-0.39, 0.29) is 11.9 Å². The molecule has 4 heteroatoms. The van der Waals surface area contributed by atoms with E-state index in [1.807, 2.05) is 0 Å². The fourth-order valence-corrected chi connectivity index (χ4v) is 2.07. The smallest absolute Gasteiger partial charge is 0.251 e. The highest BCUT2D eigenvalue weighted by Crippen LogP contribution is 2.29. The third kappa shape index (κ3) is 3.47. The van der Waals surface area contributed by atoms with Crippen LogP contribution in [0.15, 0.2) is 0 Å². The molecule has 0 heterocycles. The summed E-state index contributed by atoms with van der Waals surface area (Å²) in [5, 5.41) is 0. The molecule has 1 saturated carbocycles. The van der Waals surface area contributed by atoms with Crippen molar-refractivity contribution in [3.05, 3.63) is 0 Å². The molecule has 15 heavy (non-hydrogen) atoms. The Morgan fingerprint density at radius 3 is 2.53 bits per heavy atom. The topological polar surface area (TPSA) is 58.4 Å². The summed E-state index contributed by atoms with van der Waals surface area (Å²) in [5.41, 5.74) is 2.29. The van der Waals surface area contributed by atoms with Crippen molar-refractivity contribution < 1.29 is 4.79 Å². The van der Waals surface area contributed by atoms with Crippen LogP contribution in [0.5, 0.6) is 0 Å². The Kier molecular flexibility index (Phi) is 5.05. The number of carbonyl (C=O) groups is 1. The van der Waals surface area contributed by atoms with Gasteiger partial charge in [0.05, 0.1) is 6.04 Å². The van der Waals surface area contributed by atoms with E-state index in [0.29, 0.717) is 6.04 Å². The molecule has 0 aromatic heterocycles. The van der Waals surface area contributed by atoms with Gasteiger partial charge in [-0.1, -0.05) is 20.3 Å². The summed E-state index contributed by atoms with van der Waals surface area (Å²) in [6, 6.07) is 0.603. The predicted octanol–water partition coefficient (Wildman–Crippen LogP) is 1.02. The number of hydrazine groups is 1. The average molecular weight is 213 g/mol. The van der Waals surface area contributed by atoms with Crippen LogP contribution in [0.25, 0.3) is 0 Å². The standard InChI is InChI=1S/C11H23N3O/c1-3-5-10(11(15)13-12)14(8-4-2)9-6-7-9/h9-10H,3-8,12H2,1-2H3,(H,13,15). The van der Waals surface area contributed by atoms with Crippen molar-refractivity contribution in [2.24, 2.45) is 5.84 Å². The first-order valence-electron chi connectivity index (χ1n) is 6.00. The summed E-state index contributed by atoms with van der Waals surface area (Å²) in [4.78, 5) is 14.0. The van der Waals surface area contributed by atoms with Crippen LogP contribution in [0.4, 0.5) is 0 Å². The number of amides is 1. The van der Waals surface area contributed by atoms with Crippen LogP contribution in [0, 0.1) is 0 Å². The number of rotatable bonds is 7. The molecule has 0 spiro atoms. The molecule has 0 bridgehead atoms. The van der Waals surface area contributed by atoms with E-state index < -0.39 is 0 Å². The van der Waals surface area contributed by atoms with Crippen molar-refractivity contribution in [2.45, 2.75) is 58.0 Å². The molecule has 0 aromatic carbocycles. The van der Waals surface area contributed by atoms with Crippen LogP contribution in [-0.2, 0) is 4.79 Å². The lowest BCUT2D eigenvalue weighted by Gasteiger charge is -2.29. The zero-order valence-electron chi connectivity index (χ0n) is 9.83. The van der Waals surface area contributed by atoms with Gasteiger partial charge in [-0.05, 0) is 32.2 Å². The Bertz CT molecular complexity index is 204. The summed E-state index contributed by atoms with van der Waals surface area (Å²) < 4.78 is 0. The molecule has 0 radical (unpaired) electrons. The Balaban J connectivity index is 2.60. The van der Waals surface area contributed by atoms with Crippen molar-refractivity contribution >= 4 is 5.91 Å². The van der Waals surface area contributed by atoms with Gasteiger partial charge in [0.15, 0.2) is 0 Å². The van der Waals surface area contributed by atoms with E-state index >= 15 is 0 Å². The van der Waals surface area contributed by atoms with Crippen LogP contribution in [0.1, 0.15) is 46.0 Å². The van der Waals surface area contributed by atoms with E-state index in [1.165, 1.54) is 12.8 Å². The molecule has 1 atom stereocenters. The maximum Gasteiger partial charge on any atom is 0.251 e. The highest BCUT2D eigenvalue weighted by atomic mass is 16.2. The van der Waals surface area contributed by atoms with E-state index in [9.17, 15) is 4.79 Å². The molecule has 0 aliphatic heterocycles. The molecule has 0 saturated heterocycles. The fourth-order valence-electron chi connectivity index (χ4n) is 2.07. The molecule has 1 rings (SSSR count). The molecule has 3 N–H and O–H groups in total. The first-order valence-corrected chi connectivity index (χ1v) is 6.00. The van der Waals surface area contributed by atoms with Gasteiger partial charge in [0.2, 0.25) is 0 Å². The number of hydrogen-bond donors (Lipinski definition) is 2. The number of nitrogens with zero attached hydrogens (tertiary/aromatic N) is 1. The van der Waals surface area contributed by atoms with Gasteiger partial charge in [-0.2, -0.15) is 0 Å². The number of nitrogens with two attached hydrogens (primary N) is 1. The van der Waals surface area contributed by atoms with Crippen LogP contribution in [-0.4, -0.2) is 29.4 Å². The molecule has 1 aliphatic carbocycles. The molecule has 1 amide bonds. The summed E-state index contributed by atoms with van der Waals surface area (Å²) in [6.07, 6.45) is 5.48. The van der Waals surface area contributed by atoms with Crippen molar-refractivity contribution in [2.75, 3.05) is 6.54 Å². The molecule has 0 aromatic rings. The molecule has 1 unspecified atom stereocenters. The van der Waals surface area contributed by atoms with Crippen molar-refractivity contribution in [3.8, 4) is 0 Å². The minimum Gasteiger partial charge on any atom is -0.293 e. The Hall–Kier alpha value is -0.610. The largest absolute Gasteiger partial charge is 0.293 e. The molecule has 1 fully saturated rings. The van der Waals surface area contributed by atoms with Crippen molar-refractivity contribution in [1.82, 2.24) is 10.3 Å². The molecular weight excluding hydrogens is 190 g/mol. The highest BCUT2D eigenvalue weighted by Gasteiger charge is 2.35. The van der Waals surface area contributed by atoms with Gasteiger partial charge in [-0.3, -0.25) is 15.1 Å². The van der Waals surface area contributed by atoms with Gasteiger partial charge in [-0.15, -0.1) is 0 Å². The minimum absolute atomic E-state index is 0.0209. The lowest BCUT2D eigenvalue weighted by atomic mass is 10.1. The first kappa shape index (κ1) is 12.5. The summed E-state index contributed by atoms with van der Waals surface area (Å²) in [6.45, 7) is 5.26. The van der Waals surface area contributed by atoms with Gasteiger partial charge >= 0.3 is 0 Å². The number of carbonyl (C=O) groups excluding carboxylic acids is 1. The zero-order valence-corrected chi connectivity index (χ0v) is 9.83. The number of hydrogen-bond acceptors (Lipinski definition) is 3. The third-order valence-corrected chi connectivity index (χ3v) is 2.91. The molecular formula is C11H23N3O. The van der Waals surface area contributed by atoms with Crippen LogP contribution >= 0.6 is 0 Å². The Labute approximate surface area is 92.2 Å². The maximum absolute atomic E-state index is 11.7. The van der Waals surface area contributed by atoms with Gasteiger partial charge in [-0.25, -0.2) is 5.84 Å². The second-order valence-corrected chi connectivity index (χ2v) is 4.28. The molecule has 4 nitrogen and oxygen atoms in total. The predicted molar refractivity (Wildman–Crippen MR) is 61.0 cm³/mol. The first-order chi connectivity index (χ1) is 7.24. The summed E-state index contributed by atoms with van der Waals surface area (Å²) >= 11 is 0. The van der Waals surface area contributed by atoms with Crippen molar-refractivity contribution in [3.63, 3.8) is 0 Å². The zero-order chi connectivity index (χ0) is 11.3. The van der Waals surface area contributed by atoms with E-state index in [4.69, 9.17) is 5.84 Å². The lowest BCUT2D eigenvalue weighted by molar-refractivity contribution is -0.127. The number of nitrogens with one attached hydrogen (secondary N) is 1.